The van der Waals surface area contributed by atoms with Crippen molar-refractivity contribution in [3.8, 4) is 11.4 Å². The number of alkyl halides is 1. The number of sulfonamides is 1. The van der Waals surface area contributed by atoms with E-state index in [1.165, 1.54) is 10.5 Å². The van der Waals surface area contributed by atoms with E-state index in [-0.39, 0.29) is 56.1 Å². The van der Waals surface area contributed by atoms with Gasteiger partial charge in [-0.3, -0.25) is 9.59 Å². The van der Waals surface area contributed by atoms with Gasteiger partial charge in [0.1, 0.15) is 34.8 Å². The molecule has 1 aliphatic heterocycles. The fourth-order valence-corrected chi connectivity index (χ4v) is 7.24. The number of piperazine rings is 1. The number of carboxylic acids is 1. The maximum atomic E-state index is 13.9. The summed E-state index contributed by atoms with van der Waals surface area (Å²) >= 11 is 0. The third-order valence-corrected chi connectivity index (χ3v) is 9.68. The second kappa shape index (κ2) is 12.1. The summed E-state index contributed by atoms with van der Waals surface area (Å²) < 4.78 is 76.8. The van der Waals surface area contributed by atoms with E-state index in [9.17, 15) is 36.3 Å². The van der Waals surface area contributed by atoms with E-state index in [2.05, 4.69) is 5.10 Å². The number of rotatable bonds is 9. The summed E-state index contributed by atoms with van der Waals surface area (Å²) in [6.07, 6.45) is -0.288. The molecule has 1 N–H and O–H groups in total. The minimum atomic E-state index is -4.07. The van der Waals surface area contributed by atoms with Crippen LogP contribution in [0.25, 0.3) is 5.69 Å². The molecule has 2 fully saturated rings. The Morgan fingerprint density at radius 1 is 1.05 bits per heavy atom. The molecule has 3 unspecified atom stereocenters. The van der Waals surface area contributed by atoms with Crippen LogP contribution in [-0.2, 0) is 14.8 Å². The number of anilines is 1. The van der Waals surface area contributed by atoms with Gasteiger partial charge in [0.15, 0.2) is 0 Å². The highest BCUT2D eigenvalue weighted by Gasteiger charge is 2.37. The Hall–Kier alpha value is -3.91. The minimum Gasteiger partial charge on any atom is -0.483 e. The van der Waals surface area contributed by atoms with E-state index in [1.807, 2.05) is 0 Å². The van der Waals surface area contributed by atoms with Crippen LogP contribution in [0.15, 0.2) is 59.5 Å². The van der Waals surface area contributed by atoms with Crippen LogP contribution < -0.4 is 15.2 Å². The van der Waals surface area contributed by atoms with Crippen molar-refractivity contribution in [2.75, 3.05) is 31.1 Å². The van der Waals surface area contributed by atoms with Crippen LogP contribution in [0, 0.1) is 11.6 Å². The van der Waals surface area contributed by atoms with Crippen LogP contribution in [0.3, 0.4) is 0 Å². The summed E-state index contributed by atoms with van der Waals surface area (Å²) in [7, 11) is -4.07. The van der Waals surface area contributed by atoms with Crippen LogP contribution in [0.5, 0.6) is 5.75 Å². The number of aliphatic carboxylic acids is 1. The average Bonchev–Trinajstić information content (AvgIpc) is 3.37. The molecule has 224 valence electrons. The van der Waals surface area contributed by atoms with Gasteiger partial charge < -0.3 is 14.7 Å². The predicted molar refractivity (Wildman–Crippen MR) is 147 cm³/mol. The maximum absolute atomic E-state index is 13.9. The lowest BCUT2D eigenvalue weighted by Crippen LogP contribution is -2.50. The average molecular weight is 607 g/mol. The largest absolute Gasteiger partial charge is 0.483 e. The van der Waals surface area contributed by atoms with Crippen molar-refractivity contribution in [3.63, 3.8) is 0 Å². The molecular formula is C28H29F3N4O6S. The molecule has 3 aromatic rings. The van der Waals surface area contributed by atoms with Crippen LogP contribution >= 0.6 is 0 Å². The number of halogens is 3. The van der Waals surface area contributed by atoms with Gasteiger partial charge in [-0.05, 0) is 30.5 Å². The zero-order chi connectivity index (χ0) is 30.0. The smallest absolute Gasteiger partial charge is 0.316 e. The molecule has 5 rings (SSSR count). The van der Waals surface area contributed by atoms with E-state index >= 15 is 0 Å². The summed E-state index contributed by atoms with van der Waals surface area (Å²) in [5.41, 5.74) is -0.370. The Balaban J connectivity index is 1.43. The SMILES string of the molecule is O=C(O)CC(c1ccccc1)S(=O)(=O)N1CCN(c2cnn(-c3cc(F)cc(F)c3)c(=O)c2OC2CCC(F)C2)CC1. The molecule has 1 aromatic heterocycles. The molecule has 1 saturated carbocycles. The lowest BCUT2D eigenvalue weighted by Gasteiger charge is -2.37. The van der Waals surface area contributed by atoms with Gasteiger partial charge in [0.05, 0.1) is 18.3 Å². The lowest BCUT2D eigenvalue weighted by molar-refractivity contribution is -0.137. The number of hydrogen-bond acceptors (Lipinski definition) is 7. The Morgan fingerprint density at radius 2 is 1.71 bits per heavy atom. The number of carboxylic acid groups (broad SMARTS) is 1. The number of hydrogen-bond donors (Lipinski definition) is 1. The molecule has 2 aliphatic rings. The number of benzene rings is 2. The van der Waals surface area contributed by atoms with Gasteiger partial charge in [-0.1, -0.05) is 30.3 Å². The Kier molecular flexibility index (Phi) is 8.55. The molecule has 0 spiro atoms. The summed E-state index contributed by atoms with van der Waals surface area (Å²) in [5, 5.41) is 12.2. The maximum Gasteiger partial charge on any atom is 0.316 e. The second-order valence-electron chi connectivity index (χ2n) is 10.3. The van der Waals surface area contributed by atoms with Gasteiger partial charge in [-0.25, -0.2) is 21.6 Å². The van der Waals surface area contributed by atoms with Crippen LogP contribution in [0.4, 0.5) is 18.9 Å². The first-order valence-corrected chi connectivity index (χ1v) is 14.9. The van der Waals surface area contributed by atoms with E-state index < -0.39 is 57.1 Å². The third kappa shape index (κ3) is 6.28. The molecular weight excluding hydrogens is 577 g/mol. The summed E-state index contributed by atoms with van der Waals surface area (Å²) in [5.74, 6) is -3.25. The zero-order valence-corrected chi connectivity index (χ0v) is 23.2. The van der Waals surface area contributed by atoms with Crippen molar-refractivity contribution in [2.24, 2.45) is 0 Å². The Labute approximate surface area is 240 Å². The molecule has 1 aliphatic carbocycles. The van der Waals surface area contributed by atoms with Gasteiger partial charge in [0, 0.05) is 38.7 Å². The summed E-state index contributed by atoms with van der Waals surface area (Å²) in [4.78, 5) is 26.8. The number of carbonyl (C=O) groups is 1. The molecule has 1 saturated heterocycles. The molecule has 3 atom stereocenters. The van der Waals surface area contributed by atoms with Gasteiger partial charge in [-0.2, -0.15) is 14.1 Å². The van der Waals surface area contributed by atoms with Crippen LogP contribution in [-0.4, -0.2) is 72.0 Å². The third-order valence-electron chi connectivity index (χ3n) is 7.44. The molecule has 10 nitrogen and oxygen atoms in total. The first-order valence-electron chi connectivity index (χ1n) is 13.4. The topological polar surface area (TPSA) is 122 Å². The van der Waals surface area contributed by atoms with Crippen LogP contribution in [0.1, 0.15) is 36.5 Å². The fourth-order valence-electron chi connectivity index (χ4n) is 5.36. The van der Waals surface area contributed by atoms with Crippen molar-refractivity contribution in [1.82, 2.24) is 14.1 Å². The number of ether oxygens (including phenoxy) is 1. The Morgan fingerprint density at radius 3 is 2.31 bits per heavy atom. The standard InChI is InChI=1S/C28H29F3N4O6S/c29-19-6-7-23(15-19)41-27-24(17-32-35(28(27)38)22-13-20(30)12-21(31)14-22)33-8-10-34(11-9-33)42(39,40)25(16-26(36)37)18-4-2-1-3-5-18/h1-5,12-14,17,19,23,25H,6-11,15-16H2,(H,36,37). The molecule has 2 aromatic carbocycles. The van der Waals surface area contributed by atoms with Crippen molar-refractivity contribution in [1.29, 1.82) is 0 Å². The molecule has 0 radical (unpaired) electrons. The van der Waals surface area contributed by atoms with Gasteiger partial charge in [0.2, 0.25) is 15.8 Å². The van der Waals surface area contributed by atoms with Crippen molar-refractivity contribution in [3.05, 3.63) is 82.3 Å². The minimum absolute atomic E-state index is 0.0150. The molecule has 0 bridgehead atoms. The number of aromatic nitrogens is 2. The Bertz CT molecular complexity index is 1590. The monoisotopic (exact) mass is 606 g/mol. The van der Waals surface area contributed by atoms with Gasteiger partial charge in [-0.15, -0.1) is 0 Å². The van der Waals surface area contributed by atoms with E-state index in [0.717, 1.165) is 16.8 Å². The quantitative estimate of drug-likeness (QED) is 0.393. The highest BCUT2D eigenvalue weighted by Crippen LogP contribution is 2.33. The van der Waals surface area contributed by atoms with Crippen molar-refractivity contribution >= 4 is 21.7 Å². The van der Waals surface area contributed by atoms with Gasteiger partial charge >= 0.3 is 11.5 Å². The summed E-state index contributed by atoms with van der Waals surface area (Å²) in [6.45, 7) is 0.193. The molecule has 14 heteroatoms. The molecule has 0 amide bonds. The number of nitrogens with zero attached hydrogens (tertiary/aromatic N) is 4. The summed E-state index contributed by atoms with van der Waals surface area (Å²) in [6, 6.07) is 10.7. The predicted octanol–water partition coefficient (Wildman–Crippen LogP) is 3.45. The first-order chi connectivity index (χ1) is 20.0. The van der Waals surface area contributed by atoms with E-state index in [0.29, 0.717) is 18.1 Å². The lowest BCUT2D eigenvalue weighted by atomic mass is 10.1. The normalized spacial score (nSPS) is 20.4. The van der Waals surface area contributed by atoms with Crippen molar-refractivity contribution < 1.29 is 36.2 Å². The van der Waals surface area contributed by atoms with Crippen LogP contribution in [0.2, 0.25) is 0 Å². The van der Waals surface area contributed by atoms with Gasteiger partial charge in [0.25, 0.3) is 0 Å². The highest BCUT2D eigenvalue weighted by atomic mass is 32.2. The first kappa shape index (κ1) is 29.6. The molecule has 42 heavy (non-hydrogen) atoms. The van der Waals surface area contributed by atoms with E-state index in [1.54, 1.807) is 35.2 Å². The highest BCUT2D eigenvalue weighted by molar-refractivity contribution is 7.89. The van der Waals surface area contributed by atoms with Crippen molar-refractivity contribution in [2.45, 2.75) is 43.2 Å². The fraction of sp³-hybridized carbons (Fsp3) is 0.393. The van der Waals surface area contributed by atoms with E-state index in [4.69, 9.17) is 4.74 Å². The zero-order valence-electron chi connectivity index (χ0n) is 22.4. The molecule has 2 heterocycles. The second-order valence-corrected chi connectivity index (χ2v) is 12.4.